The number of hydroxylamine groups is 1. The van der Waals surface area contributed by atoms with Crippen molar-refractivity contribution in [2.45, 2.75) is 65.5 Å². The van der Waals surface area contributed by atoms with Crippen molar-refractivity contribution in [2.24, 2.45) is 0 Å². The van der Waals surface area contributed by atoms with Crippen LogP contribution in [0, 0.1) is 6.92 Å². The van der Waals surface area contributed by atoms with Crippen molar-refractivity contribution in [1.82, 2.24) is 5.48 Å². The van der Waals surface area contributed by atoms with E-state index < -0.39 is 11.7 Å². The smallest absolute Gasteiger partial charge is 0.441 e. The van der Waals surface area contributed by atoms with Crippen LogP contribution in [0.4, 0.5) is 10.5 Å². The Morgan fingerprint density at radius 2 is 2.00 bits per heavy atom. The third kappa shape index (κ3) is 4.06. The molecule has 1 amide bonds. The van der Waals surface area contributed by atoms with Gasteiger partial charge in [-0.05, 0) is 66.0 Å². The molecule has 2 rings (SSSR count). The van der Waals surface area contributed by atoms with Crippen LogP contribution in [0.25, 0.3) is 0 Å². The normalized spacial score (nSPS) is 16.3. The molecule has 0 unspecified atom stereocenters. The molecule has 1 aliphatic rings. The third-order valence-electron chi connectivity index (χ3n) is 3.63. The first-order valence-electron chi connectivity index (χ1n) is 7.64. The minimum atomic E-state index is -0.599. The lowest BCUT2D eigenvalue weighted by Crippen LogP contribution is -2.36. The summed E-state index contributed by atoms with van der Waals surface area (Å²) in [6.07, 6.45) is 1.53. The van der Waals surface area contributed by atoms with Gasteiger partial charge < -0.3 is 14.9 Å². The lowest BCUT2D eigenvalue weighted by Gasteiger charge is -2.35. The molecular weight excluding hydrogens is 280 g/mol. The Labute approximate surface area is 132 Å². The number of benzene rings is 1. The molecule has 0 fully saturated rings. The number of fused-ring (bicyclic) bond motifs is 1. The molecule has 5 heteroatoms. The fraction of sp³-hybridized carbons (Fsp3) is 0.588. The number of nitrogens with one attached hydrogen (secondary N) is 2. The molecule has 0 saturated heterocycles. The van der Waals surface area contributed by atoms with Crippen molar-refractivity contribution in [3.63, 3.8) is 0 Å². The molecule has 22 heavy (non-hydrogen) atoms. The van der Waals surface area contributed by atoms with Gasteiger partial charge in [-0.2, -0.15) is 5.48 Å². The van der Waals surface area contributed by atoms with Gasteiger partial charge in [-0.3, -0.25) is 0 Å². The monoisotopic (exact) mass is 306 g/mol. The Morgan fingerprint density at radius 1 is 1.32 bits per heavy atom. The van der Waals surface area contributed by atoms with E-state index in [2.05, 4.69) is 24.6 Å². The largest absolute Gasteiger partial charge is 0.442 e. The molecule has 1 heterocycles. The Morgan fingerprint density at radius 3 is 2.64 bits per heavy atom. The molecule has 0 aromatic heterocycles. The van der Waals surface area contributed by atoms with E-state index in [1.54, 1.807) is 0 Å². The highest BCUT2D eigenvalue weighted by Crippen LogP contribution is 2.36. The molecule has 0 bridgehead atoms. The number of carbonyl (C=O) groups is 1. The highest BCUT2D eigenvalue weighted by molar-refractivity contribution is 5.68. The number of amides is 1. The highest BCUT2D eigenvalue weighted by atomic mass is 16.7. The second-order valence-electron chi connectivity index (χ2n) is 7.44. The van der Waals surface area contributed by atoms with Crippen LogP contribution in [-0.4, -0.2) is 17.2 Å². The predicted molar refractivity (Wildman–Crippen MR) is 87.2 cm³/mol. The van der Waals surface area contributed by atoms with E-state index in [1.165, 1.54) is 5.56 Å². The van der Waals surface area contributed by atoms with Crippen LogP contribution in [0.15, 0.2) is 12.1 Å². The number of ether oxygens (including phenoxy) is 1. The maximum absolute atomic E-state index is 11.7. The van der Waals surface area contributed by atoms with Gasteiger partial charge in [0.2, 0.25) is 0 Å². The van der Waals surface area contributed by atoms with Gasteiger partial charge in [-0.15, -0.1) is 0 Å². The molecule has 1 aromatic rings. The van der Waals surface area contributed by atoms with E-state index in [-0.39, 0.29) is 5.54 Å². The standard InChI is InChI=1S/C17H26N2O3/c1-11-13(22-19-15(20)21-16(2,3)4)8-7-12-9-10-17(5,6)18-14(11)12/h7-8,18H,9-10H2,1-6H3,(H,19,20). The third-order valence-corrected chi connectivity index (χ3v) is 3.63. The van der Waals surface area contributed by atoms with E-state index in [0.717, 1.165) is 24.1 Å². The van der Waals surface area contributed by atoms with Crippen LogP contribution < -0.4 is 15.6 Å². The van der Waals surface area contributed by atoms with E-state index in [9.17, 15) is 4.79 Å². The van der Waals surface area contributed by atoms with E-state index >= 15 is 0 Å². The van der Waals surface area contributed by atoms with Gasteiger partial charge in [0, 0.05) is 16.8 Å². The average Bonchev–Trinajstić information content (AvgIpc) is 2.36. The number of carbonyl (C=O) groups excluding carboxylic acids is 1. The van der Waals surface area contributed by atoms with Crippen LogP contribution in [0.3, 0.4) is 0 Å². The topological polar surface area (TPSA) is 59.6 Å². The highest BCUT2D eigenvalue weighted by Gasteiger charge is 2.26. The van der Waals surface area contributed by atoms with Crippen LogP contribution >= 0.6 is 0 Å². The summed E-state index contributed by atoms with van der Waals surface area (Å²) in [6.45, 7) is 11.8. The number of hydrogen-bond acceptors (Lipinski definition) is 4. The molecule has 0 aliphatic carbocycles. The number of aryl methyl sites for hydroxylation is 1. The van der Waals surface area contributed by atoms with Gasteiger partial charge >= 0.3 is 6.09 Å². The summed E-state index contributed by atoms with van der Waals surface area (Å²) in [5, 5.41) is 3.55. The first kappa shape index (κ1) is 16.5. The quantitative estimate of drug-likeness (QED) is 0.812. The fourth-order valence-corrected chi connectivity index (χ4v) is 2.49. The minimum absolute atomic E-state index is 0.0645. The fourth-order valence-electron chi connectivity index (χ4n) is 2.49. The summed E-state index contributed by atoms with van der Waals surface area (Å²) < 4.78 is 5.15. The van der Waals surface area contributed by atoms with Crippen LogP contribution in [0.1, 0.15) is 52.2 Å². The number of anilines is 1. The number of hydrogen-bond donors (Lipinski definition) is 2. The zero-order valence-electron chi connectivity index (χ0n) is 14.3. The average molecular weight is 306 g/mol. The Kier molecular flexibility index (Phi) is 4.27. The van der Waals surface area contributed by atoms with Gasteiger partial charge in [0.15, 0.2) is 5.75 Å². The van der Waals surface area contributed by atoms with Gasteiger partial charge in [0.05, 0.1) is 0 Å². The summed E-state index contributed by atoms with van der Waals surface area (Å²) in [4.78, 5) is 17.1. The molecule has 0 radical (unpaired) electrons. The molecule has 5 nitrogen and oxygen atoms in total. The first-order chi connectivity index (χ1) is 10.1. The maximum Gasteiger partial charge on any atom is 0.441 e. The van der Waals surface area contributed by atoms with Gasteiger partial charge in [-0.1, -0.05) is 6.07 Å². The van der Waals surface area contributed by atoms with E-state index in [0.29, 0.717) is 5.75 Å². The summed E-state index contributed by atoms with van der Waals surface area (Å²) in [6, 6.07) is 3.92. The van der Waals surface area contributed by atoms with Crippen LogP contribution in [0.2, 0.25) is 0 Å². The lowest BCUT2D eigenvalue weighted by molar-refractivity contribution is 0.0286. The van der Waals surface area contributed by atoms with Crippen molar-refractivity contribution in [1.29, 1.82) is 0 Å². The van der Waals surface area contributed by atoms with Crippen LogP contribution in [-0.2, 0) is 11.2 Å². The summed E-state index contributed by atoms with van der Waals surface area (Å²) >= 11 is 0. The van der Waals surface area contributed by atoms with Crippen molar-refractivity contribution >= 4 is 11.8 Å². The van der Waals surface area contributed by atoms with Gasteiger partial charge in [-0.25, -0.2) is 4.79 Å². The molecule has 2 N–H and O–H groups in total. The van der Waals surface area contributed by atoms with Gasteiger partial charge in [0.25, 0.3) is 0 Å². The predicted octanol–water partition coefficient (Wildman–Crippen LogP) is 3.95. The van der Waals surface area contributed by atoms with E-state index in [4.69, 9.17) is 9.57 Å². The van der Waals surface area contributed by atoms with Crippen molar-refractivity contribution in [3.8, 4) is 5.75 Å². The van der Waals surface area contributed by atoms with E-state index in [1.807, 2.05) is 39.8 Å². The SMILES string of the molecule is Cc1c(ONC(=O)OC(C)(C)C)ccc2c1NC(C)(C)CC2. The molecular formula is C17H26N2O3. The maximum atomic E-state index is 11.7. The Bertz CT molecular complexity index is 574. The molecule has 0 atom stereocenters. The minimum Gasteiger partial charge on any atom is -0.442 e. The van der Waals surface area contributed by atoms with Crippen molar-refractivity contribution < 1.29 is 14.4 Å². The Hall–Kier alpha value is -1.91. The van der Waals surface area contributed by atoms with Crippen molar-refractivity contribution in [3.05, 3.63) is 23.3 Å². The van der Waals surface area contributed by atoms with Crippen molar-refractivity contribution in [2.75, 3.05) is 5.32 Å². The molecule has 122 valence electrons. The second kappa shape index (κ2) is 5.71. The van der Waals surface area contributed by atoms with Crippen LogP contribution in [0.5, 0.6) is 5.75 Å². The summed E-state index contributed by atoms with van der Waals surface area (Å²) in [5.41, 5.74) is 5.21. The molecule has 0 saturated carbocycles. The second-order valence-corrected chi connectivity index (χ2v) is 7.44. The van der Waals surface area contributed by atoms with Gasteiger partial charge in [0.1, 0.15) is 5.60 Å². The first-order valence-corrected chi connectivity index (χ1v) is 7.64. The summed E-state index contributed by atoms with van der Waals surface area (Å²) in [5.74, 6) is 0.620. The molecule has 0 spiro atoms. The lowest BCUT2D eigenvalue weighted by atomic mass is 9.88. The molecule has 1 aliphatic heterocycles. The zero-order valence-corrected chi connectivity index (χ0v) is 14.3. The number of rotatable bonds is 2. The zero-order chi connectivity index (χ0) is 16.5. The molecule has 1 aromatic carbocycles. The summed E-state index contributed by atoms with van der Waals surface area (Å²) in [7, 11) is 0. The Balaban J connectivity index is 2.09.